The lowest BCUT2D eigenvalue weighted by Crippen LogP contribution is -2.40. The molecule has 0 saturated heterocycles. The van der Waals surface area contributed by atoms with E-state index in [0.717, 1.165) is 28.6 Å². The maximum Gasteiger partial charge on any atom is 0.277 e. The molecular weight excluding hydrogens is 298 g/mol. The largest absolute Gasteiger partial charge is 0.308 e. The highest BCUT2D eigenvalue weighted by atomic mass is 15.2. The van der Waals surface area contributed by atoms with Gasteiger partial charge in [-0.05, 0) is 18.5 Å². The van der Waals surface area contributed by atoms with Crippen molar-refractivity contribution in [1.29, 1.82) is 0 Å². The Morgan fingerprint density at radius 3 is 2.75 bits per heavy atom. The summed E-state index contributed by atoms with van der Waals surface area (Å²) in [6.07, 6.45) is 7.53. The van der Waals surface area contributed by atoms with E-state index in [1.54, 1.807) is 24.5 Å². The van der Waals surface area contributed by atoms with E-state index < -0.39 is 6.85 Å². The average Bonchev–Trinajstić information content (AvgIpc) is 3.18. The van der Waals surface area contributed by atoms with Crippen LogP contribution in [0.15, 0.2) is 55.1 Å². The Labute approximate surface area is 145 Å². The molecule has 0 saturated carbocycles. The zero-order valence-electron chi connectivity index (χ0n) is 16.9. The lowest BCUT2D eigenvalue weighted by Gasteiger charge is -2.05. The minimum atomic E-state index is -2.14. The topological polar surface area (TPSA) is 30.0 Å². The van der Waals surface area contributed by atoms with E-state index in [1.807, 2.05) is 65.3 Å². The van der Waals surface area contributed by atoms with Crippen LogP contribution in [0.1, 0.15) is 9.68 Å². The van der Waals surface area contributed by atoms with Crippen LogP contribution in [0, 0.1) is 6.85 Å². The highest BCUT2D eigenvalue weighted by Crippen LogP contribution is 2.21. The van der Waals surface area contributed by atoms with Gasteiger partial charge in [0, 0.05) is 54.0 Å². The molecule has 5 nitrogen and oxygen atoms in total. The molecule has 4 aromatic heterocycles. The van der Waals surface area contributed by atoms with Gasteiger partial charge in [-0.15, -0.1) is 0 Å². The molecule has 0 atom stereocenters. The predicted molar refractivity (Wildman–Crippen MR) is 92.1 cm³/mol. The Morgan fingerprint density at radius 2 is 1.96 bits per heavy atom. The molecule has 0 radical (unpaired) electrons. The fourth-order valence-corrected chi connectivity index (χ4v) is 3.15. The minimum absolute atomic E-state index is 0.332. The molecular formula is C19H21N5+2. The summed E-state index contributed by atoms with van der Waals surface area (Å²) >= 11 is 0. The molecule has 5 heteroatoms. The smallest absolute Gasteiger partial charge is 0.277 e. The van der Waals surface area contributed by atoms with E-state index in [-0.39, 0.29) is 0 Å². The van der Waals surface area contributed by atoms with Crippen LogP contribution >= 0.6 is 0 Å². The first-order chi connectivity index (χ1) is 12.8. The first kappa shape index (κ1) is 11.6. The first-order valence-corrected chi connectivity index (χ1v) is 7.76. The highest BCUT2D eigenvalue weighted by molar-refractivity contribution is 5.58. The lowest BCUT2D eigenvalue weighted by molar-refractivity contribution is -0.685. The molecule has 120 valence electrons. The second kappa shape index (κ2) is 5.30. The second-order valence-corrected chi connectivity index (χ2v) is 5.97. The van der Waals surface area contributed by atoms with E-state index in [9.17, 15) is 0 Å². The van der Waals surface area contributed by atoms with Crippen molar-refractivity contribution in [2.75, 3.05) is 0 Å². The number of rotatable bonds is 2. The van der Waals surface area contributed by atoms with Crippen LogP contribution in [0.3, 0.4) is 0 Å². The average molecular weight is 322 g/mol. The molecule has 0 aliphatic rings. The van der Waals surface area contributed by atoms with Crippen LogP contribution in [-0.4, -0.2) is 14.0 Å². The molecule has 0 spiro atoms. The summed E-state index contributed by atoms with van der Waals surface area (Å²) in [5.74, 6) is 0.866. The number of imidazole rings is 2. The third-order valence-electron chi connectivity index (χ3n) is 4.48. The zero-order chi connectivity index (χ0) is 19.3. The molecule has 0 bridgehead atoms. The minimum Gasteiger partial charge on any atom is -0.308 e. The Morgan fingerprint density at radius 1 is 1.12 bits per heavy atom. The number of hydrogen-bond acceptors (Lipinski definition) is 1. The van der Waals surface area contributed by atoms with Gasteiger partial charge in [-0.1, -0.05) is 0 Å². The van der Waals surface area contributed by atoms with Gasteiger partial charge >= 0.3 is 0 Å². The Hall–Kier alpha value is -2.95. The Kier molecular flexibility index (Phi) is 2.55. The second-order valence-electron chi connectivity index (χ2n) is 5.97. The van der Waals surface area contributed by atoms with Gasteiger partial charge in [0.2, 0.25) is 11.5 Å². The third-order valence-corrected chi connectivity index (χ3v) is 4.48. The van der Waals surface area contributed by atoms with Crippen LogP contribution in [0.25, 0.3) is 28.6 Å². The maximum absolute atomic E-state index is 7.71. The molecule has 0 aliphatic heterocycles. The van der Waals surface area contributed by atoms with E-state index in [1.165, 1.54) is 0 Å². The monoisotopic (exact) mass is 322 g/mol. The number of pyridine rings is 2. The summed E-state index contributed by atoms with van der Waals surface area (Å²) in [6.45, 7) is -2.14. The van der Waals surface area contributed by atoms with Gasteiger partial charge in [0.1, 0.15) is 19.8 Å². The standard InChI is InChI=1S/C19H21N5/c1-14-8-10-21(2)17(12-14)15-6-5-7-16(22(15)3)18-13-24-11-9-20-19(24)23(18)4/h5-13H,1-4H3/q+2/i1D3. The van der Waals surface area contributed by atoms with Gasteiger partial charge in [0.05, 0.1) is 0 Å². The third kappa shape index (κ3) is 2.12. The van der Waals surface area contributed by atoms with Crippen molar-refractivity contribution >= 4 is 5.78 Å². The van der Waals surface area contributed by atoms with Crippen molar-refractivity contribution in [2.24, 2.45) is 21.1 Å². The summed E-state index contributed by atoms with van der Waals surface area (Å²) in [4.78, 5) is 4.38. The van der Waals surface area contributed by atoms with Crippen LogP contribution in [0.2, 0.25) is 0 Å². The molecule has 24 heavy (non-hydrogen) atoms. The Balaban J connectivity index is 1.91. The lowest BCUT2D eigenvalue weighted by atomic mass is 10.1. The molecule has 0 aliphatic carbocycles. The maximum atomic E-state index is 7.71. The van der Waals surface area contributed by atoms with Gasteiger partial charge in [0.25, 0.3) is 11.4 Å². The van der Waals surface area contributed by atoms with E-state index in [4.69, 9.17) is 4.11 Å². The van der Waals surface area contributed by atoms with Gasteiger partial charge in [-0.3, -0.25) is 4.40 Å². The molecule has 4 rings (SSSR count). The molecule has 0 amide bonds. The molecule has 0 N–H and O–H groups in total. The van der Waals surface area contributed by atoms with Crippen molar-refractivity contribution in [3.63, 3.8) is 0 Å². The van der Waals surface area contributed by atoms with Crippen molar-refractivity contribution in [3.8, 4) is 22.8 Å². The molecule has 0 unspecified atom stereocenters. The number of aryl methyl sites for hydroxylation is 3. The zero-order valence-corrected chi connectivity index (χ0v) is 13.9. The van der Waals surface area contributed by atoms with Gasteiger partial charge in [0.15, 0.2) is 6.20 Å². The molecule has 4 heterocycles. The van der Waals surface area contributed by atoms with Crippen molar-refractivity contribution in [2.45, 2.75) is 6.85 Å². The van der Waals surface area contributed by atoms with Crippen molar-refractivity contribution in [1.82, 2.24) is 14.0 Å². The van der Waals surface area contributed by atoms with Crippen LogP contribution in [0.5, 0.6) is 0 Å². The Bertz CT molecular complexity index is 1150. The summed E-state index contributed by atoms with van der Waals surface area (Å²) in [6, 6.07) is 9.42. The SMILES string of the molecule is [2H]C([2H])([2H])c1cc[n+](C)c(-c2cccc(-c3cn4ccnc4n3C)[n+]2C)c1. The summed E-state index contributed by atoms with van der Waals surface area (Å²) < 4.78 is 31.2. The van der Waals surface area contributed by atoms with Gasteiger partial charge in [-0.25, -0.2) is 4.98 Å². The predicted octanol–water partition coefficient (Wildman–Crippen LogP) is 1.96. The highest BCUT2D eigenvalue weighted by Gasteiger charge is 2.24. The van der Waals surface area contributed by atoms with Crippen LogP contribution in [-0.2, 0) is 21.1 Å². The van der Waals surface area contributed by atoms with E-state index in [0.29, 0.717) is 5.56 Å². The molecule has 4 aromatic rings. The fraction of sp³-hybridized carbons (Fsp3) is 0.211. The number of fused-ring (bicyclic) bond motifs is 1. The fourth-order valence-electron chi connectivity index (χ4n) is 3.15. The quantitative estimate of drug-likeness (QED) is 0.519. The number of nitrogens with zero attached hydrogens (tertiary/aromatic N) is 5. The summed E-state index contributed by atoms with van der Waals surface area (Å²) in [5, 5.41) is 0. The molecule has 0 fully saturated rings. The van der Waals surface area contributed by atoms with E-state index >= 15 is 0 Å². The van der Waals surface area contributed by atoms with Gasteiger partial charge < -0.3 is 4.57 Å². The summed E-state index contributed by atoms with van der Waals surface area (Å²) in [7, 11) is 5.89. The van der Waals surface area contributed by atoms with Gasteiger partial charge in [-0.2, -0.15) is 9.13 Å². The number of aromatic nitrogens is 5. The normalized spacial score (nSPS) is 13.7. The van der Waals surface area contributed by atoms with Crippen molar-refractivity contribution < 1.29 is 13.2 Å². The van der Waals surface area contributed by atoms with Crippen LogP contribution < -0.4 is 9.13 Å². The van der Waals surface area contributed by atoms with Crippen molar-refractivity contribution in [3.05, 3.63) is 60.7 Å². The van der Waals surface area contributed by atoms with E-state index in [2.05, 4.69) is 9.55 Å². The molecule has 0 aromatic carbocycles. The summed E-state index contributed by atoms with van der Waals surface area (Å²) in [5.41, 5.74) is 4.14. The number of hydrogen-bond donors (Lipinski definition) is 0. The van der Waals surface area contributed by atoms with Crippen LogP contribution in [0.4, 0.5) is 0 Å². The first-order valence-electron chi connectivity index (χ1n) is 9.26.